The molecule has 0 unspecified atom stereocenters. The van der Waals surface area contributed by atoms with E-state index in [1.807, 2.05) is 0 Å². The zero-order valence-electron chi connectivity index (χ0n) is 10.4. The summed E-state index contributed by atoms with van der Waals surface area (Å²) >= 11 is 6.52. The van der Waals surface area contributed by atoms with E-state index in [0.717, 1.165) is 18.8 Å². The van der Waals surface area contributed by atoms with E-state index in [0.29, 0.717) is 12.0 Å². The normalized spacial score (nSPS) is 40.0. The van der Waals surface area contributed by atoms with E-state index in [4.69, 9.17) is 16.3 Å². The second-order valence-electron chi connectivity index (χ2n) is 5.91. The number of carbonyl (C=O) groups excluding carboxylic acids is 1. The van der Waals surface area contributed by atoms with Crippen molar-refractivity contribution in [2.75, 3.05) is 6.61 Å². The van der Waals surface area contributed by atoms with Crippen LogP contribution in [0.25, 0.3) is 0 Å². The molecule has 0 aromatic rings. The Morgan fingerprint density at radius 1 is 1.50 bits per heavy atom. The Kier molecular flexibility index (Phi) is 2.98. The van der Waals surface area contributed by atoms with Crippen molar-refractivity contribution in [1.29, 1.82) is 0 Å². The maximum absolute atomic E-state index is 10.8. The van der Waals surface area contributed by atoms with Crippen molar-refractivity contribution < 1.29 is 9.53 Å². The minimum Gasteiger partial charge on any atom is -0.466 e. The van der Waals surface area contributed by atoms with Crippen LogP contribution in [0.1, 0.15) is 46.5 Å². The van der Waals surface area contributed by atoms with Crippen LogP contribution in [-0.4, -0.2) is 18.0 Å². The van der Waals surface area contributed by atoms with Gasteiger partial charge in [0.1, 0.15) is 0 Å². The predicted molar refractivity (Wildman–Crippen MR) is 64.4 cm³/mol. The van der Waals surface area contributed by atoms with Crippen LogP contribution in [0.5, 0.6) is 0 Å². The lowest BCUT2D eigenvalue weighted by Gasteiger charge is -2.40. The molecule has 2 aliphatic rings. The highest BCUT2D eigenvalue weighted by Crippen LogP contribution is 2.68. The van der Waals surface area contributed by atoms with E-state index < -0.39 is 0 Å². The van der Waals surface area contributed by atoms with E-state index in [2.05, 4.69) is 13.8 Å². The summed E-state index contributed by atoms with van der Waals surface area (Å²) in [6.07, 6.45) is 4.54. The summed E-state index contributed by atoms with van der Waals surface area (Å²) in [6, 6.07) is 0. The first-order chi connectivity index (χ1) is 7.40. The van der Waals surface area contributed by atoms with Crippen LogP contribution in [0, 0.1) is 16.7 Å². The molecule has 2 rings (SSSR count). The average Bonchev–Trinajstić information content (AvgIpc) is 2.50. The summed E-state index contributed by atoms with van der Waals surface area (Å²) in [5.74, 6) is 0.570. The van der Waals surface area contributed by atoms with Gasteiger partial charge in [-0.25, -0.2) is 0 Å². The first-order valence-corrected chi connectivity index (χ1v) is 6.61. The zero-order chi connectivity index (χ0) is 12.0. The minimum absolute atomic E-state index is 0.187. The van der Waals surface area contributed by atoms with Gasteiger partial charge in [0.15, 0.2) is 0 Å². The van der Waals surface area contributed by atoms with Crippen LogP contribution >= 0.6 is 11.6 Å². The number of fused-ring (bicyclic) bond motifs is 2. The van der Waals surface area contributed by atoms with Gasteiger partial charge >= 0.3 is 5.97 Å². The van der Waals surface area contributed by atoms with E-state index >= 15 is 0 Å². The lowest BCUT2D eigenvalue weighted by molar-refractivity contribution is -0.142. The fourth-order valence-electron chi connectivity index (χ4n) is 3.95. The van der Waals surface area contributed by atoms with Gasteiger partial charge in [0, 0.05) is 12.3 Å². The van der Waals surface area contributed by atoms with Crippen molar-refractivity contribution in [3.05, 3.63) is 0 Å². The molecule has 16 heavy (non-hydrogen) atoms. The molecule has 2 fully saturated rings. The molecular weight excluding hydrogens is 224 g/mol. The minimum atomic E-state index is -0.187. The standard InChI is InChI=1S/C13H21ClO2/c1-9(15)16-7-6-13-5-4-10(8-11(13)14)12(13,2)3/h10-11H,4-8H2,1-3H3/t10-,11+,13+/m1/s1. The Balaban J connectivity index is 2.07. The summed E-state index contributed by atoms with van der Waals surface area (Å²) in [5.41, 5.74) is 0.494. The topological polar surface area (TPSA) is 26.3 Å². The summed E-state index contributed by atoms with van der Waals surface area (Å²) in [7, 11) is 0. The number of halogens is 1. The molecule has 0 spiro atoms. The molecule has 2 nitrogen and oxygen atoms in total. The molecule has 0 aromatic carbocycles. The van der Waals surface area contributed by atoms with E-state index in [9.17, 15) is 4.79 Å². The maximum Gasteiger partial charge on any atom is 0.302 e. The molecule has 2 aliphatic carbocycles. The van der Waals surface area contributed by atoms with Crippen LogP contribution in [0.2, 0.25) is 0 Å². The Labute approximate surface area is 103 Å². The predicted octanol–water partition coefficient (Wildman–Crippen LogP) is 3.37. The van der Waals surface area contributed by atoms with Crippen LogP contribution in [0.3, 0.4) is 0 Å². The highest BCUT2D eigenvalue weighted by Gasteiger charge is 2.63. The van der Waals surface area contributed by atoms with Crippen molar-refractivity contribution in [2.45, 2.75) is 51.8 Å². The summed E-state index contributed by atoms with van der Waals surface area (Å²) < 4.78 is 5.09. The zero-order valence-corrected chi connectivity index (χ0v) is 11.1. The van der Waals surface area contributed by atoms with Gasteiger partial charge in [-0.2, -0.15) is 0 Å². The summed E-state index contributed by atoms with van der Waals surface area (Å²) in [4.78, 5) is 10.8. The lowest BCUT2D eigenvalue weighted by Crippen LogP contribution is -2.37. The molecule has 0 saturated heterocycles. The largest absolute Gasteiger partial charge is 0.466 e. The van der Waals surface area contributed by atoms with Crippen molar-refractivity contribution in [3.8, 4) is 0 Å². The van der Waals surface area contributed by atoms with Crippen LogP contribution in [0.4, 0.5) is 0 Å². The van der Waals surface area contributed by atoms with Gasteiger partial charge in [0.25, 0.3) is 0 Å². The number of carbonyl (C=O) groups is 1. The Morgan fingerprint density at radius 3 is 2.62 bits per heavy atom. The number of rotatable bonds is 3. The van der Waals surface area contributed by atoms with Gasteiger partial charge in [-0.1, -0.05) is 13.8 Å². The molecule has 0 aliphatic heterocycles. The second kappa shape index (κ2) is 3.90. The Morgan fingerprint density at radius 2 is 2.19 bits per heavy atom. The maximum atomic E-state index is 10.8. The average molecular weight is 245 g/mol. The van der Waals surface area contributed by atoms with Gasteiger partial charge in [-0.3, -0.25) is 4.79 Å². The van der Waals surface area contributed by atoms with Gasteiger partial charge in [-0.05, 0) is 42.4 Å². The molecule has 0 N–H and O–H groups in total. The lowest BCUT2D eigenvalue weighted by atomic mass is 9.67. The monoisotopic (exact) mass is 244 g/mol. The van der Waals surface area contributed by atoms with Gasteiger partial charge in [-0.15, -0.1) is 11.6 Å². The molecule has 0 radical (unpaired) electrons. The molecule has 2 saturated carbocycles. The fraction of sp³-hybridized carbons (Fsp3) is 0.923. The smallest absolute Gasteiger partial charge is 0.302 e. The highest BCUT2D eigenvalue weighted by atomic mass is 35.5. The first-order valence-electron chi connectivity index (χ1n) is 6.17. The van der Waals surface area contributed by atoms with Gasteiger partial charge in [0.05, 0.1) is 6.61 Å². The number of hydrogen-bond donors (Lipinski definition) is 0. The molecule has 92 valence electrons. The molecule has 3 heteroatoms. The highest BCUT2D eigenvalue weighted by molar-refractivity contribution is 6.21. The third-order valence-electron chi connectivity index (χ3n) is 5.19. The Bertz CT molecular complexity index is 300. The van der Waals surface area contributed by atoms with Crippen LogP contribution < -0.4 is 0 Å². The third-order valence-corrected chi connectivity index (χ3v) is 5.78. The number of hydrogen-bond acceptors (Lipinski definition) is 2. The van der Waals surface area contributed by atoms with Gasteiger partial charge < -0.3 is 4.74 Å². The molecule has 2 bridgehead atoms. The van der Waals surface area contributed by atoms with Crippen molar-refractivity contribution >= 4 is 17.6 Å². The first kappa shape index (κ1) is 12.2. The Hall–Kier alpha value is -0.240. The molecule has 3 atom stereocenters. The number of esters is 1. The number of alkyl halides is 1. The van der Waals surface area contributed by atoms with E-state index in [1.165, 1.54) is 19.8 Å². The second-order valence-corrected chi connectivity index (χ2v) is 6.43. The summed E-state index contributed by atoms with van der Waals surface area (Å²) in [6.45, 7) is 6.66. The van der Waals surface area contributed by atoms with E-state index in [-0.39, 0.29) is 16.8 Å². The number of ether oxygens (including phenoxy) is 1. The quantitative estimate of drug-likeness (QED) is 0.562. The van der Waals surface area contributed by atoms with Gasteiger partial charge in [0.2, 0.25) is 0 Å². The van der Waals surface area contributed by atoms with Crippen molar-refractivity contribution in [1.82, 2.24) is 0 Å². The SMILES string of the molecule is CC(=O)OCC[C@@]12CC[C@H](C[C@@H]1Cl)C2(C)C. The van der Waals surface area contributed by atoms with Crippen LogP contribution in [0.15, 0.2) is 0 Å². The molecule has 0 aromatic heterocycles. The van der Waals surface area contributed by atoms with Crippen molar-refractivity contribution in [3.63, 3.8) is 0 Å². The molecule has 0 amide bonds. The fourth-order valence-corrected chi connectivity index (χ4v) is 4.66. The van der Waals surface area contributed by atoms with E-state index in [1.54, 1.807) is 0 Å². The molecule has 0 heterocycles. The van der Waals surface area contributed by atoms with Crippen LogP contribution in [-0.2, 0) is 9.53 Å². The molecular formula is C13H21ClO2. The van der Waals surface area contributed by atoms with Crippen molar-refractivity contribution in [2.24, 2.45) is 16.7 Å². The third kappa shape index (κ3) is 1.57. The summed E-state index contributed by atoms with van der Waals surface area (Å²) in [5, 5.41) is 0.261.